The van der Waals surface area contributed by atoms with Crippen LogP contribution in [0.25, 0.3) is 10.9 Å². The number of fused-ring (bicyclic) bond motifs is 1. The lowest BCUT2D eigenvalue weighted by atomic mass is 10.1. The summed E-state index contributed by atoms with van der Waals surface area (Å²) in [7, 11) is 1.52. The summed E-state index contributed by atoms with van der Waals surface area (Å²) in [6.07, 6.45) is 4.42. The van der Waals surface area contributed by atoms with Gasteiger partial charge in [-0.1, -0.05) is 6.42 Å². The zero-order chi connectivity index (χ0) is 16.9. The van der Waals surface area contributed by atoms with E-state index in [9.17, 15) is 9.90 Å². The first-order valence-electron chi connectivity index (χ1n) is 8.26. The third kappa shape index (κ3) is 3.85. The Morgan fingerprint density at radius 3 is 2.83 bits per heavy atom. The molecule has 1 fully saturated rings. The molecule has 1 atom stereocenters. The Morgan fingerprint density at radius 2 is 2.08 bits per heavy atom. The van der Waals surface area contributed by atoms with Gasteiger partial charge >= 0.3 is 0 Å². The second-order valence-corrected chi connectivity index (χ2v) is 6.08. The largest absolute Gasteiger partial charge is 0.493 e. The molecule has 1 aromatic heterocycles. The van der Waals surface area contributed by atoms with Crippen molar-refractivity contribution in [2.45, 2.75) is 25.4 Å². The predicted molar refractivity (Wildman–Crippen MR) is 90.7 cm³/mol. The van der Waals surface area contributed by atoms with Gasteiger partial charge in [0.2, 0.25) is 0 Å². The van der Waals surface area contributed by atoms with Crippen molar-refractivity contribution < 1.29 is 14.6 Å². The van der Waals surface area contributed by atoms with Crippen molar-refractivity contribution in [3.05, 3.63) is 28.8 Å². The summed E-state index contributed by atoms with van der Waals surface area (Å²) in [5.74, 6) is 0.923. The summed E-state index contributed by atoms with van der Waals surface area (Å²) in [5.41, 5.74) is 0.301. The normalized spacial score (nSPS) is 16.9. The van der Waals surface area contributed by atoms with E-state index in [0.29, 0.717) is 28.9 Å². The number of nitrogens with zero attached hydrogens (tertiary/aromatic N) is 2. The molecule has 0 bridgehead atoms. The monoisotopic (exact) mass is 333 g/mol. The number of ether oxygens (including phenoxy) is 2. The molecule has 0 amide bonds. The summed E-state index contributed by atoms with van der Waals surface area (Å²) in [6.45, 7) is 2.83. The summed E-state index contributed by atoms with van der Waals surface area (Å²) in [5, 5.41) is 10.6. The lowest BCUT2D eigenvalue weighted by molar-refractivity contribution is 0.0609. The predicted octanol–water partition coefficient (Wildman–Crippen LogP) is 1.16. The zero-order valence-corrected chi connectivity index (χ0v) is 13.8. The van der Waals surface area contributed by atoms with E-state index in [2.05, 4.69) is 14.9 Å². The van der Waals surface area contributed by atoms with E-state index < -0.39 is 6.10 Å². The maximum Gasteiger partial charge on any atom is 0.258 e. The number of hydrogen-bond acceptors (Lipinski definition) is 6. The molecule has 24 heavy (non-hydrogen) atoms. The smallest absolute Gasteiger partial charge is 0.258 e. The van der Waals surface area contributed by atoms with E-state index >= 15 is 0 Å². The highest BCUT2D eigenvalue weighted by Gasteiger charge is 2.16. The van der Waals surface area contributed by atoms with Crippen LogP contribution < -0.4 is 15.0 Å². The number of methoxy groups -OCH3 is 1. The molecule has 7 heteroatoms. The van der Waals surface area contributed by atoms with Crippen molar-refractivity contribution in [2.75, 3.05) is 33.4 Å². The van der Waals surface area contributed by atoms with Crippen molar-refractivity contribution in [3.63, 3.8) is 0 Å². The minimum atomic E-state index is -0.573. The fourth-order valence-electron chi connectivity index (χ4n) is 3.03. The second kappa shape index (κ2) is 7.63. The molecular weight excluding hydrogens is 310 g/mol. The number of β-amino-alcohol motifs (C(OH)–C–C–N with tert-alkyl or cyclic N) is 1. The molecule has 0 aliphatic carbocycles. The number of hydrogen-bond donors (Lipinski definition) is 2. The Morgan fingerprint density at radius 1 is 1.29 bits per heavy atom. The first-order valence-corrected chi connectivity index (χ1v) is 8.26. The fraction of sp³-hybridized carbons (Fsp3) is 0.529. The van der Waals surface area contributed by atoms with Crippen LogP contribution in [0.2, 0.25) is 0 Å². The molecule has 7 nitrogen and oxygen atoms in total. The van der Waals surface area contributed by atoms with E-state index in [0.717, 1.165) is 13.1 Å². The van der Waals surface area contributed by atoms with Gasteiger partial charge in [0, 0.05) is 12.6 Å². The topological polar surface area (TPSA) is 87.7 Å². The van der Waals surface area contributed by atoms with Gasteiger partial charge in [0.25, 0.3) is 5.56 Å². The third-order valence-corrected chi connectivity index (χ3v) is 4.27. The minimum Gasteiger partial charge on any atom is -0.493 e. The Hall–Kier alpha value is -2.12. The standard InChI is InChI=1S/C17H23N3O4/c1-23-15-7-13-14(18-11-19-17(13)22)8-16(15)24-10-12(21)9-20-5-3-2-4-6-20/h7-8,11-12,21H,2-6,9-10H2,1H3,(H,18,19,22). The number of nitrogens with one attached hydrogen (secondary N) is 1. The number of aliphatic hydroxyl groups excluding tert-OH is 1. The minimum absolute atomic E-state index is 0.168. The number of rotatable bonds is 6. The average molecular weight is 333 g/mol. The molecule has 0 radical (unpaired) electrons. The van der Waals surface area contributed by atoms with Crippen LogP contribution in [0.5, 0.6) is 11.5 Å². The highest BCUT2D eigenvalue weighted by Crippen LogP contribution is 2.30. The van der Waals surface area contributed by atoms with Gasteiger partial charge < -0.3 is 24.5 Å². The molecule has 0 saturated carbocycles. The quantitative estimate of drug-likeness (QED) is 0.825. The highest BCUT2D eigenvalue weighted by molar-refractivity contribution is 5.81. The van der Waals surface area contributed by atoms with Crippen molar-refractivity contribution in [2.24, 2.45) is 0 Å². The van der Waals surface area contributed by atoms with Crippen molar-refractivity contribution in [3.8, 4) is 11.5 Å². The first kappa shape index (κ1) is 16.7. The number of likely N-dealkylation sites (tertiary alicyclic amines) is 1. The molecule has 2 aromatic rings. The van der Waals surface area contributed by atoms with Gasteiger partial charge in [0.15, 0.2) is 11.5 Å². The molecule has 1 aliphatic heterocycles. The van der Waals surface area contributed by atoms with Crippen LogP contribution in [-0.4, -0.2) is 59.4 Å². The SMILES string of the molecule is COc1cc2c(=O)[nH]cnc2cc1OCC(O)CN1CCCCC1. The molecular formula is C17H23N3O4. The number of aromatic nitrogens is 2. The number of piperidine rings is 1. The molecule has 0 spiro atoms. The van der Waals surface area contributed by atoms with Crippen LogP contribution in [-0.2, 0) is 0 Å². The van der Waals surface area contributed by atoms with E-state index in [4.69, 9.17) is 9.47 Å². The Labute approximate surface area is 140 Å². The Kier molecular flexibility index (Phi) is 5.32. The van der Waals surface area contributed by atoms with E-state index in [1.165, 1.54) is 32.7 Å². The summed E-state index contributed by atoms with van der Waals surface area (Å²) < 4.78 is 11.0. The van der Waals surface area contributed by atoms with Crippen LogP contribution >= 0.6 is 0 Å². The van der Waals surface area contributed by atoms with Crippen LogP contribution in [0.4, 0.5) is 0 Å². The fourth-order valence-corrected chi connectivity index (χ4v) is 3.03. The molecule has 130 valence electrons. The zero-order valence-electron chi connectivity index (χ0n) is 13.8. The molecule has 1 saturated heterocycles. The Bertz CT molecular complexity index is 740. The third-order valence-electron chi connectivity index (χ3n) is 4.27. The maximum atomic E-state index is 11.8. The van der Waals surface area contributed by atoms with Crippen LogP contribution in [0.15, 0.2) is 23.3 Å². The number of aromatic amines is 1. The van der Waals surface area contributed by atoms with E-state index in [1.807, 2.05) is 0 Å². The summed E-state index contributed by atoms with van der Waals surface area (Å²) in [4.78, 5) is 20.7. The molecule has 2 heterocycles. The van der Waals surface area contributed by atoms with E-state index in [1.54, 1.807) is 12.1 Å². The number of aliphatic hydroxyl groups is 1. The van der Waals surface area contributed by atoms with Crippen LogP contribution in [0.1, 0.15) is 19.3 Å². The molecule has 3 rings (SSSR count). The molecule has 1 unspecified atom stereocenters. The van der Waals surface area contributed by atoms with Crippen molar-refractivity contribution in [1.82, 2.24) is 14.9 Å². The van der Waals surface area contributed by atoms with E-state index in [-0.39, 0.29) is 12.2 Å². The van der Waals surface area contributed by atoms with Crippen LogP contribution in [0, 0.1) is 0 Å². The Balaban J connectivity index is 1.68. The van der Waals surface area contributed by atoms with Gasteiger partial charge in [-0.05, 0) is 32.0 Å². The average Bonchev–Trinajstić information content (AvgIpc) is 2.60. The lowest BCUT2D eigenvalue weighted by Crippen LogP contribution is -2.38. The molecule has 1 aromatic carbocycles. The second-order valence-electron chi connectivity index (χ2n) is 6.08. The van der Waals surface area contributed by atoms with Crippen molar-refractivity contribution in [1.29, 1.82) is 0 Å². The van der Waals surface area contributed by atoms with Crippen molar-refractivity contribution >= 4 is 10.9 Å². The summed E-state index contributed by atoms with van der Waals surface area (Å²) in [6, 6.07) is 3.27. The number of benzene rings is 1. The summed E-state index contributed by atoms with van der Waals surface area (Å²) >= 11 is 0. The lowest BCUT2D eigenvalue weighted by Gasteiger charge is -2.28. The van der Waals surface area contributed by atoms with Gasteiger partial charge in [-0.2, -0.15) is 0 Å². The maximum absolute atomic E-state index is 11.8. The highest BCUT2D eigenvalue weighted by atomic mass is 16.5. The van der Waals surface area contributed by atoms with Gasteiger partial charge in [0.1, 0.15) is 12.7 Å². The van der Waals surface area contributed by atoms with Gasteiger partial charge in [-0.15, -0.1) is 0 Å². The molecule has 2 N–H and O–H groups in total. The number of H-pyrrole nitrogens is 1. The molecule has 1 aliphatic rings. The van der Waals surface area contributed by atoms with Gasteiger partial charge in [0.05, 0.1) is 24.3 Å². The van der Waals surface area contributed by atoms with Crippen LogP contribution in [0.3, 0.4) is 0 Å². The van der Waals surface area contributed by atoms with Gasteiger partial charge in [-0.3, -0.25) is 4.79 Å². The van der Waals surface area contributed by atoms with Gasteiger partial charge in [-0.25, -0.2) is 4.98 Å². The first-order chi connectivity index (χ1) is 11.7.